The number of nitrogens with one attached hydrogen (secondary N) is 2. The molecule has 1 aliphatic rings. The Kier molecular flexibility index (Phi) is 9.04. The number of anilines is 3. The van der Waals surface area contributed by atoms with Crippen molar-refractivity contribution >= 4 is 34.1 Å². The van der Waals surface area contributed by atoms with Crippen LogP contribution in [0, 0.1) is 0 Å². The third-order valence-corrected chi connectivity index (χ3v) is 7.62. The van der Waals surface area contributed by atoms with Gasteiger partial charge in [0.15, 0.2) is 0 Å². The van der Waals surface area contributed by atoms with Crippen molar-refractivity contribution in [3.63, 3.8) is 0 Å². The summed E-state index contributed by atoms with van der Waals surface area (Å²) >= 11 is 0. The molecule has 4 aromatic rings. The minimum Gasteiger partial charge on any atom is -0.494 e. The maximum Gasteiger partial charge on any atom is 0.247 e. The number of ether oxygens (including phenoxy) is 2. The van der Waals surface area contributed by atoms with Gasteiger partial charge in [0.25, 0.3) is 0 Å². The SMILES string of the molecule is C=CC(=O)Nc1cc(Nc2nccc(-c3cn(C)c4ccccc34)n2)c(OC)cc1OCCN1CCN(C(C)C)CC1. The van der Waals surface area contributed by atoms with Crippen molar-refractivity contribution in [1.82, 2.24) is 24.3 Å². The zero-order chi connectivity index (χ0) is 29.6. The van der Waals surface area contributed by atoms with Crippen LogP contribution in [-0.4, -0.2) is 82.7 Å². The van der Waals surface area contributed by atoms with Gasteiger partial charge >= 0.3 is 0 Å². The molecule has 0 unspecified atom stereocenters. The van der Waals surface area contributed by atoms with E-state index >= 15 is 0 Å². The highest BCUT2D eigenvalue weighted by atomic mass is 16.5. The third-order valence-electron chi connectivity index (χ3n) is 7.62. The van der Waals surface area contributed by atoms with Gasteiger partial charge < -0.3 is 24.7 Å². The molecule has 220 valence electrons. The molecular weight excluding hydrogens is 530 g/mol. The Labute approximate surface area is 247 Å². The average Bonchev–Trinajstić information content (AvgIpc) is 3.34. The first kappa shape index (κ1) is 29.1. The van der Waals surface area contributed by atoms with Crippen LogP contribution in [0.15, 0.2) is 67.5 Å². The first-order chi connectivity index (χ1) is 20.4. The molecule has 2 N–H and O–H groups in total. The fraction of sp³-hybridized carbons (Fsp3) is 0.344. The van der Waals surface area contributed by atoms with Gasteiger partial charge in [0.2, 0.25) is 11.9 Å². The molecule has 10 nitrogen and oxygen atoms in total. The number of methoxy groups -OCH3 is 1. The zero-order valence-corrected chi connectivity index (χ0v) is 24.8. The number of amides is 1. The molecule has 2 aromatic heterocycles. The predicted octanol–water partition coefficient (Wildman–Crippen LogP) is 4.92. The van der Waals surface area contributed by atoms with Crippen LogP contribution in [0.25, 0.3) is 22.2 Å². The van der Waals surface area contributed by atoms with Crippen molar-refractivity contribution in [3.05, 3.63) is 67.5 Å². The fourth-order valence-corrected chi connectivity index (χ4v) is 5.25. The molecular formula is C32H39N7O3. The van der Waals surface area contributed by atoms with Gasteiger partial charge in [-0.2, -0.15) is 0 Å². The summed E-state index contributed by atoms with van der Waals surface area (Å²) in [6, 6.07) is 14.2. The Balaban J connectivity index is 1.35. The molecule has 1 aliphatic heterocycles. The maximum absolute atomic E-state index is 12.3. The standard InChI is InChI=1S/C32H39N7O3/c1-6-31(40)34-27-19-26(29(41-5)20-30(27)42-18-17-38-13-15-39(16-14-38)22(2)3)36-32-33-12-11-25(35-32)24-21-37(4)28-10-8-7-9-23(24)28/h6-12,19-22H,1,13-18H2,2-5H3,(H,34,40)(H,33,35,36). The molecule has 42 heavy (non-hydrogen) atoms. The second kappa shape index (κ2) is 13.1. The minimum atomic E-state index is -0.338. The summed E-state index contributed by atoms with van der Waals surface area (Å²) < 4.78 is 14.0. The molecule has 0 radical (unpaired) electrons. The van der Waals surface area contributed by atoms with E-state index < -0.39 is 0 Å². The second-order valence-corrected chi connectivity index (χ2v) is 10.6. The highest BCUT2D eigenvalue weighted by Gasteiger charge is 2.20. The van der Waals surface area contributed by atoms with Crippen molar-refractivity contribution < 1.29 is 14.3 Å². The third kappa shape index (κ3) is 6.56. The summed E-state index contributed by atoms with van der Waals surface area (Å²) in [5.41, 5.74) is 4.01. The summed E-state index contributed by atoms with van der Waals surface area (Å²) in [7, 11) is 3.61. The Morgan fingerprint density at radius 2 is 1.88 bits per heavy atom. The lowest BCUT2D eigenvalue weighted by Crippen LogP contribution is -2.49. The minimum absolute atomic E-state index is 0.338. The summed E-state index contributed by atoms with van der Waals surface area (Å²) in [6.45, 7) is 13.4. The number of carbonyl (C=O) groups excluding carboxylic acids is 1. The molecule has 0 aliphatic carbocycles. The van der Waals surface area contributed by atoms with Gasteiger partial charge in [-0.3, -0.25) is 14.6 Å². The van der Waals surface area contributed by atoms with Crippen LogP contribution in [0.3, 0.4) is 0 Å². The number of aromatic nitrogens is 3. The van der Waals surface area contributed by atoms with E-state index in [4.69, 9.17) is 14.5 Å². The predicted molar refractivity (Wildman–Crippen MR) is 168 cm³/mol. The van der Waals surface area contributed by atoms with Gasteiger partial charge in [-0.15, -0.1) is 0 Å². The molecule has 0 bridgehead atoms. The van der Waals surface area contributed by atoms with Crippen LogP contribution in [0.5, 0.6) is 11.5 Å². The number of benzene rings is 2. The van der Waals surface area contributed by atoms with Crippen LogP contribution in [0.4, 0.5) is 17.3 Å². The van der Waals surface area contributed by atoms with E-state index in [1.165, 1.54) is 6.08 Å². The first-order valence-corrected chi connectivity index (χ1v) is 14.3. The quantitative estimate of drug-likeness (QED) is 0.246. The molecule has 3 heterocycles. The number of fused-ring (bicyclic) bond motifs is 1. The topological polar surface area (TPSA) is 96.8 Å². The number of hydrogen-bond acceptors (Lipinski definition) is 8. The summed E-state index contributed by atoms with van der Waals surface area (Å²) in [5.74, 6) is 1.11. The number of nitrogens with zero attached hydrogens (tertiary/aromatic N) is 5. The molecule has 2 aromatic carbocycles. The summed E-state index contributed by atoms with van der Waals surface area (Å²) in [6.07, 6.45) is 5.01. The Hall–Kier alpha value is -4.41. The van der Waals surface area contributed by atoms with Gasteiger partial charge in [-0.1, -0.05) is 24.8 Å². The Bertz CT molecular complexity index is 1560. The normalized spacial score (nSPS) is 14.2. The highest BCUT2D eigenvalue weighted by Crippen LogP contribution is 2.38. The molecule has 1 fully saturated rings. The lowest BCUT2D eigenvalue weighted by Gasteiger charge is -2.36. The van der Waals surface area contributed by atoms with E-state index in [1.54, 1.807) is 25.4 Å². The van der Waals surface area contributed by atoms with Gasteiger partial charge in [-0.25, -0.2) is 9.97 Å². The smallest absolute Gasteiger partial charge is 0.247 e. The molecule has 5 rings (SSSR count). The number of para-hydroxylation sites is 1. The van der Waals surface area contributed by atoms with Crippen molar-refractivity contribution in [2.75, 3.05) is 57.1 Å². The molecule has 0 saturated carbocycles. The van der Waals surface area contributed by atoms with Gasteiger partial charge in [0.05, 0.1) is 24.2 Å². The van der Waals surface area contributed by atoms with Crippen molar-refractivity contribution in [1.29, 1.82) is 0 Å². The largest absolute Gasteiger partial charge is 0.494 e. The Morgan fingerprint density at radius 1 is 1.10 bits per heavy atom. The summed E-state index contributed by atoms with van der Waals surface area (Å²) in [4.78, 5) is 26.4. The number of carbonyl (C=O) groups is 1. The van der Waals surface area contributed by atoms with E-state index in [0.717, 1.165) is 54.9 Å². The van der Waals surface area contributed by atoms with Crippen LogP contribution in [-0.2, 0) is 11.8 Å². The average molecular weight is 570 g/mol. The van der Waals surface area contributed by atoms with Gasteiger partial charge in [0.1, 0.15) is 18.1 Å². The first-order valence-electron chi connectivity index (χ1n) is 14.3. The Morgan fingerprint density at radius 3 is 2.62 bits per heavy atom. The highest BCUT2D eigenvalue weighted by molar-refractivity contribution is 6.00. The molecule has 0 spiro atoms. The lowest BCUT2D eigenvalue weighted by atomic mass is 10.1. The van der Waals surface area contributed by atoms with Crippen LogP contribution >= 0.6 is 0 Å². The van der Waals surface area contributed by atoms with Crippen LogP contribution < -0.4 is 20.1 Å². The van der Waals surface area contributed by atoms with Crippen LogP contribution in [0.1, 0.15) is 13.8 Å². The van der Waals surface area contributed by atoms with E-state index in [2.05, 4.69) is 68.7 Å². The second-order valence-electron chi connectivity index (χ2n) is 10.6. The zero-order valence-electron chi connectivity index (χ0n) is 24.8. The van der Waals surface area contributed by atoms with Crippen molar-refractivity contribution in [2.45, 2.75) is 19.9 Å². The van der Waals surface area contributed by atoms with Gasteiger partial charge in [-0.05, 0) is 38.1 Å². The fourth-order valence-electron chi connectivity index (χ4n) is 5.25. The van der Waals surface area contributed by atoms with E-state index in [-0.39, 0.29) is 5.91 Å². The van der Waals surface area contributed by atoms with E-state index in [1.807, 2.05) is 25.2 Å². The number of rotatable bonds is 11. The molecule has 10 heteroatoms. The van der Waals surface area contributed by atoms with E-state index in [9.17, 15) is 4.79 Å². The molecule has 1 saturated heterocycles. The maximum atomic E-state index is 12.3. The lowest BCUT2D eigenvalue weighted by molar-refractivity contribution is -0.111. The van der Waals surface area contributed by atoms with E-state index in [0.29, 0.717) is 41.5 Å². The van der Waals surface area contributed by atoms with Crippen LogP contribution in [0.2, 0.25) is 0 Å². The summed E-state index contributed by atoms with van der Waals surface area (Å²) in [5, 5.41) is 7.24. The number of aryl methyl sites for hydroxylation is 1. The number of hydrogen-bond donors (Lipinski definition) is 2. The number of piperazine rings is 1. The van der Waals surface area contributed by atoms with Crippen molar-refractivity contribution in [3.8, 4) is 22.8 Å². The monoisotopic (exact) mass is 569 g/mol. The molecule has 1 amide bonds. The molecule has 0 atom stereocenters. The van der Waals surface area contributed by atoms with Gasteiger partial charge in [0, 0.05) is 80.7 Å². The van der Waals surface area contributed by atoms with Crippen molar-refractivity contribution in [2.24, 2.45) is 7.05 Å².